The van der Waals surface area contributed by atoms with E-state index in [9.17, 15) is 9.90 Å². The van der Waals surface area contributed by atoms with E-state index in [1.165, 1.54) is 4.88 Å². The molecule has 0 unspecified atom stereocenters. The van der Waals surface area contributed by atoms with Crippen molar-refractivity contribution in [3.63, 3.8) is 0 Å². The number of rotatable bonds is 6. The number of aryl methyl sites for hydroxylation is 3. The van der Waals surface area contributed by atoms with E-state index in [1.54, 1.807) is 55.1 Å². The van der Waals surface area contributed by atoms with Crippen LogP contribution >= 0.6 is 11.3 Å². The average molecular weight is 477 g/mol. The molecule has 0 aliphatic rings. The summed E-state index contributed by atoms with van der Waals surface area (Å²) in [7, 11) is 0. The molecule has 4 heterocycles. The van der Waals surface area contributed by atoms with Crippen LogP contribution in [0.25, 0.3) is 17.1 Å². The fourth-order valence-electron chi connectivity index (χ4n) is 3.67. The second-order valence-corrected chi connectivity index (χ2v) is 10.1. The molecule has 7 nitrogen and oxygen atoms in total. The van der Waals surface area contributed by atoms with Gasteiger partial charge in [-0.05, 0) is 70.7 Å². The lowest BCUT2D eigenvalue weighted by Crippen LogP contribution is -2.24. The Labute approximate surface area is 202 Å². The Morgan fingerprint density at radius 1 is 1.09 bits per heavy atom. The molecule has 0 saturated carbocycles. The van der Waals surface area contributed by atoms with Gasteiger partial charge in [0.1, 0.15) is 18.0 Å². The summed E-state index contributed by atoms with van der Waals surface area (Å²) in [6, 6.07) is 7.56. The van der Waals surface area contributed by atoms with Gasteiger partial charge in [0.2, 0.25) is 0 Å². The molecule has 0 amide bonds. The summed E-state index contributed by atoms with van der Waals surface area (Å²) < 4.78 is 7.67. The molecular formula is C26H28N4O3S. The first-order valence-electron chi connectivity index (χ1n) is 11.0. The van der Waals surface area contributed by atoms with Gasteiger partial charge in [-0.1, -0.05) is 0 Å². The molecule has 4 aromatic heterocycles. The zero-order valence-corrected chi connectivity index (χ0v) is 21.0. The molecule has 8 heteroatoms. The van der Waals surface area contributed by atoms with Crippen molar-refractivity contribution in [3.8, 4) is 22.8 Å². The highest BCUT2D eigenvalue weighted by Gasteiger charge is 2.21. The summed E-state index contributed by atoms with van der Waals surface area (Å²) in [6.45, 7) is 11.3. The highest BCUT2D eigenvalue weighted by Crippen LogP contribution is 2.26. The molecule has 0 aliphatic carbocycles. The molecule has 0 fully saturated rings. The van der Waals surface area contributed by atoms with Crippen molar-refractivity contribution in [2.75, 3.05) is 0 Å². The van der Waals surface area contributed by atoms with E-state index in [-0.39, 0.29) is 5.56 Å². The summed E-state index contributed by atoms with van der Waals surface area (Å²) in [5.74, 6) is 0.889. The third-order valence-corrected chi connectivity index (χ3v) is 6.46. The van der Waals surface area contributed by atoms with Gasteiger partial charge in [0.25, 0.3) is 5.56 Å². The van der Waals surface area contributed by atoms with Crippen LogP contribution < -0.4 is 10.3 Å². The minimum absolute atomic E-state index is 0.142. The largest absolute Gasteiger partial charge is 0.488 e. The van der Waals surface area contributed by atoms with Crippen molar-refractivity contribution in [2.24, 2.45) is 0 Å². The van der Waals surface area contributed by atoms with Gasteiger partial charge in [0.05, 0.1) is 22.6 Å². The summed E-state index contributed by atoms with van der Waals surface area (Å²) >= 11 is 1.68. The Kier molecular flexibility index (Phi) is 6.38. The third kappa shape index (κ3) is 4.78. The van der Waals surface area contributed by atoms with Crippen molar-refractivity contribution in [3.05, 3.63) is 85.5 Å². The lowest BCUT2D eigenvalue weighted by molar-refractivity contribution is 0.0688. The van der Waals surface area contributed by atoms with Crippen molar-refractivity contribution in [1.29, 1.82) is 0 Å². The SMILES string of the molecule is Cc1cc(COc2cc(C)n(-c3cc(-c4ccnc(C(C)(C)O)n4)ncc3C)c(=O)c2C)cs1. The Balaban J connectivity index is 1.73. The lowest BCUT2D eigenvalue weighted by atomic mass is 10.1. The zero-order chi connectivity index (χ0) is 24.6. The van der Waals surface area contributed by atoms with Gasteiger partial charge in [-0.2, -0.15) is 0 Å². The van der Waals surface area contributed by atoms with Crippen LogP contribution in [0, 0.1) is 27.7 Å². The fraction of sp³-hybridized carbons (Fsp3) is 0.308. The van der Waals surface area contributed by atoms with Crippen LogP contribution in [0.15, 0.2) is 46.8 Å². The highest BCUT2D eigenvalue weighted by atomic mass is 32.1. The van der Waals surface area contributed by atoms with E-state index in [0.717, 1.165) is 22.5 Å². The summed E-state index contributed by atoms with van der Waals surface area (Å²) in [5.41, 5.74) is 3.81. The molecule has 4 aromatic rings. The predicted molar refractivity (Wildman–Crippen MR) is 134 cm³/mol. The number of pyridine rings is 2. The van der Waals surface area contributed by atoms with Crippen LogP contribution in [-0.2, 0) is 12.2 Å². The molecule has 176 valence electrons. The number of ether oxygens (including phenoxy) is 1. The second-order valence-electron chi connectivity index (χ2n) is 8.95. The van der Waals surface area contributed by atoms with Gasteiger partial charge in [-0.15, -0.1) is 11.3 Å². The monoisotopic (exact) mass is 476 g/mol. The molecular weight excluding hydrogens is 448 g/mol. The van der Waals surface area contributed by atoms with Crippen LogP contribution in [0.3, 0.4) is 0 Å². The van der Waals surface area contributed by atoms with Crippen molar-refractivity contribution in [1.82, 2.24) is 19.5 Å². The first kappa shape index (κ1) is 23.8. The minimum Gasteiger partial charge on any atom is -0.488 e. The summed E-state index contributed by atoms with van der Waals surface area (Å²) in [5, 5.41) is 12.3. The lowest BCUT2D eigenvalue weighted by Gasteiger charge is -2.18. The molecule has 0 bridgehead atoms. The Hall–Kier alpha value is -3.36. The van der Waals surface area contributed by atoms with Crippen LogP contribution in [-0.4, -0.2) is 24.6 Å². The number of aliphatic hydroxyl groups is 1. The van der Waals surface area contributed by atoms with Gasteiger partial charge >= 0.3 is 0 Å². The number of hydrogen-bond donors (Lipinski definition) is 1. The maximum Gasteiger partial charge on any atom is 0.261 e. The molecule has 4 rings (SSSR count). The maximum absolute atomic E-state index is 13.4. The zero-order valence-electron chi connectivity index (χ0n) is 20.2. The molecule has 0 saturated heterocycles. The van der Waals surface area contributed by atoms with E-state index in [4.69, 9.17) is 4.74 Å². The summed E-state index contributed by atoms with van der Waals surface area (Å²) in [6.07, 6.45) is 3.32. The first-order valence-corrected chi connectivity index (χ1v) is 11.9. The smallest absolute Gasteiger partial charge is 0.261 e. The number of aromatic nitrogens is 4. The van der Waals surface area contributed by atoms with Crippen LogP contribution in [0.1, 0.15) is 46.9 Å². The number of hydrogen-bond acceptors (Lipinski definition) is 7. The van der Waals surface area contributed by atoms with Crippen molar-refractivity contribution < 1.29 is 9.84 Å². The highest BCUT2D eigenvalue weighted by molar-refractivity contribution is 7.10. The van der Waals surface area contributed by atoms with E-state index in [2.05, 4.69) is 33.3 Å². The van der Waals surface area contributed by atoms with E-state index < -0.39 is 5.60 Å². The van der Waals surface area contributed by atoms with E-state index in [1.807, 2.05) is 26.0 Å². The topological polar surface area (TPSA) is 90.1 Å². The quantitative estimate of drug-likeness (QED) is 0.430. The Morgan fingerprint density at radius 2 is 1.85 bits per heavy atom. The molecule has 0 aromatic carbocycles. The molecule has 0 spiro atoms. The molecule has 34 heavy (non-hydrogen) atoms. The number of nitrogens with zero attached hydrogens (tertiary/aromatic N) is 4. The average Bonchev–Trinajstić information content (AvgIpc) is 3.21. The molecule has 0 aliphatic heterocycles. The summed E-state index contributed by atoms with van der Waals surface area (Å²) in [4.78, 5) is 27.8. The fourth-order valence-corrected chi connectivity index (χ4v) is 4.36. The van der Waals surface area contributed by atoms with Crippen LogP contribution in [0.5, 0.6) is 5.75 Å². The Bertz CT molecular complexity index is 1420. The number of thiophene rings is 1. The molecule has 1 N–H and O–H groups in total. The normalized spacial score (nSPS) is 11.6. The van der Waals surface area contributed by atoms with Crippen molar-refractivity contribution in [2.45, 2.75) is 53.8 Å². The standard InChI is InChI=1S/C26H28N4O3S/c1-15-12-28-21(20-7-8-27-25(29-20)26(5,6)32)11-22(15)30-16(2)9-23(18(4)24(30)31)33-13-19-10-17(3)34-14-19/h7-12,14,32H,13H2,1-6H3. The van der Waals surface area contributed by atoms with Crippen molar-refractivity contribution >= 4 is 11.3 Å². The van der Waals surface area contributed by atoms with Gasteiger partial charge < -0.3 is 9.84 Å². The third-order valence-electron chi connectivity index (χ3n) is 5.55. The second kappa shape index (κ2) is 9.12. The minimum atomic E-state index is -1.17. The van der Waals surface area contributed by atoms with Gasteiger partial charge in [-0.25, -0.2) is 9.97 Å². The van der Waals surface area contributed by atoms with E-state index >= 15 is 0 Å². The van der Waals surface area contributed by atoms with E-state index in [0.29, 0.717) is 35.1 Å². The predicted octanol–water partition coefficient (Wildman–Crippen LogP) is 4.79. The molecule has 0 atom stereocenters. The first-order chi connectivity index (χ1) is 16.0. The van der Waals surface area contributed by atoms with Gasteiger partial charge in [-0.3, -0.25) is 14.3 Å². The van der Waals surface area contributed by atoms with Crippen LogP contribution in [0.2, 0.25) is 0 Å². The Morgan fingerprint density at radius 3 is 2.53 bits per heavy atom. The van der Waals surface area contributed by atoms with Gasteiger partial charge in [0.15, 0.2) is 5.82 Å². The van der Waals surface area contributed by atoms with Crippen LogP contribution in [0.4, 0.5) is 0 Å². The maximum atomic E-state index is 13.4. The molecule has 0 radical (unpaired) electrons. The van der Waals surface area contributed by atoms with Gasteiger partial charge in [0, 0.05) is 34.6 Å².